The van der Waals surface area contributed by atoms with E-state index in [4.69, 9.17) is 0 Å². The second-order valence-electron chi connectivity index (χ2n) is 4.14. The van der Waals surface area contributed by atoms with Crippen LogP contribution in [0.25, 0.3) is 0 Å². The highest BCUT2D eigenvalue weighted by molar-refractivity contribution is 7.15. The van der Waals surface area contributed by atoms with Gasteiger partial charge in [0, 0.05) is 37.3 Å². The Morgan fingerprint density at radius 2 is 2.00 bits per heavy atom. The lowest BCUT2D eigenvalue weighted by atomic mass is 10.2. The Morgan fingerprint density at radius 1 is 1.33 bits per heavy atom. The molecule has 1 saturated heterocycles. The van der Waals surface area contributed by atoms with Crippen molar-refractivity contribution in [3.05, 3.63) is 11.1 Å². The molecule has 0 radical (unpaired) electrons. The number of nitrogens with zero attached hydrogens (tertiary/aromatic N) is 3. The standard InChI is InChI=1S/C10H17N3OS/c1-8(2)9-7-11-10(15-9)12-3-5-13(14)6-4-12/h7-8,14H,3-6H2,1-2H3. The van der Waals surface area contributed by atoms with Crippen LogP contribution in [0.15, 0.2) is 6.20 Å². The maximum Gasteiger partial charge on any atom is 0.185 e. The van der Waals surface area contributed by atoms with Crippen LogP contribution in [0.1, 0.15) is 24.6 Å². The molecule has 1 aromatic rings. The molecule has 84 valence electrons. The number of piperazine rings is 1. The summed E-state index contributed by atoms with van der Waals surface area (Å²) in [6.45, 7) is 7.50. The fourth-order valence-electron chi connectivity index (χ4n) is 1.58. The minimum Gasteiger partial charge on any atom is -0.345 e. The van der Waals surface area contributed by atoms with Gasteiger partial charge in [0.2, 0.25) is 0 Å². The van der Waals surface area contributed by atoms with Crippen LogP contribution in [0.3, 0.4) is 0 Å². The predicted molar refractivity (Wildman–Crippen MR) is 61.8 cm³/mol. The van der Waals surface area contributed by atoms with E-state index >= 15 is 0 Å². The van der Waals surface area contributed by atoms with Gasteiger partial charge in [-0.15, -0.1) is 11.3 Å². The van der Waals surface area contributed by atoms with Crippen molar-refractivity contribution in [3.63, 3.8) is 0 Å². The van der Waals surface area contributed by atoms with Gasteiger partial charge in [-0.25, -0.2) is 4.98 Å². The van der Waals surface area contributed by atoms with Gasteiger partial charge in [-0.2, -0.15) is 5.06 Å². The highest BCUT2D eigenvalue weighted by Gasteiger charge is 2.18. The van der Waals surface area contributed by atoms with Crippen LogP contribution < -0.4 is 4.90 Å². The number of anilines is 1. The number of thiazole rings is 1. The highest BCUT2D eigenvalue weighted by Crippen LogP contribution is 2.28. The van der Waals surface area contributed by atoms with E-state index in [2.05, 4.69) is 23.7 Å². The Labute approximate surface area is 94.1 Å². The van der Waals surface area contributed by atoms with Crippen molar-refractivity contribution < 1.29 is 5.21 Å². The topological polar surface area (TPSA) is 39.6 Å². The first-order valence-corrected chi connectivity index (χ1v) is 6.13. The SMILES string of the molecule is CC(C)c1cnc(N2CCN(O)CC2)s1. The van der Waals surface area contributed by atoms with Crippen LogP contribution in [-0.2, 0) is 0 Å². The van der Waals surface area contributed by atoms with Crippen molar-refractivity contribution in [3.8, 4) is 0 Å². The molecule has 0 aromatic carbocycles. The quantitative estimate of drug-likeness (QED) is 0.836. The lowest BCUT2D eigenvalue weighted by Crippen LogP contribution is -2.44. The molecule has 0 saturated carbocycles. The third-order valence-electron chi connectivity index (χ3n) is 2.61. The molecule has 0 amide bonds. The third-order valence-corrected chi connectivity index (χ3v) is 3.97. The van der Waals surface area contributed by atoms with Gasteiger partial charge < -0.3 is 10.1 Å². The van der Waals surface area contributed by atoms with Crippen LogP contribution >= 0.6 is 11.3 Å². The second kappa shape index (κ2) is 4.47. The lowest BCUT2D eigenvalue weighted by molar-refractivity contribution is -0.0935. The minimum atomic E-state index is 0.551. The van der Waals surface area contributed by atoms with Crippen molar-refractivity contribution in [2.24, 2.45) is 0 Å². The molecule has 1 aliphatic heterocycles. The molecule has 1 aromatic heterocycles. The average molecular weight is 227 g/mol. The van der Waals surface area contributed by atoms with E-state index in [1.807, 2.05) is 6.20 Å². The van der Waals surface area contributed by atoms with Crippen LogP contribution in [0.4, 0.5) is 5.13 Å². The van der Waals surface area contributed by atoms with Gasteiger partial charge in [-0.1, -0.05) is 13.8 Å². The second-order valence-corrected chi connectivity index (χ2v) is 5.18. The Morgan fingerprint density at radius 3 is 2.53 bits per heavy atom. The number of hydroxylamine groups is 2. The molecule has 5 heteroatoms. The average Bonchev–Trinajstić information content (AvgIpc) is 2.68. The normalized spacial score (nSPS) is 18.8. The maximum atomic E-state index is 9.26. The molecule has 1 N–H and O–H groups in total. The lowest BCUT2D eigenvalue weighted by Gasteiger charge is -2.30. The Hall–Kier alpha value is -0.650. The minimum absolute atomic E-state index is 0.551. The summed E-state index contributed by atoms with van der Waals surface area (Å²) in [5.74, 6) is 0.551. The number of rotatable bonds is 2. The summed E-state index contributed by atoms with van der Waals surface area (Å²) in [6, 6.07) is 0. The van der Waals surface area contributed by atoms with E-state index in [0.717, 1.165) is 18.2 Å². The van der Waals surface area contributed by atoms with Crippen LogP contribution in [0, 0.1) is 0 Å². The van der Waals surface area contributed by atoms with E-state index in [9.17, 15) is 5.21 Å². The summed E-state index contributed by atoms with van der Waals surface area (Å²) < 4.78 is 0. The monoisotopic (exact) mass is 227 g/mol. The zero-order chi connectivity index (χ0) is 10.8. The number of aromatic nitrogens is 1. The van der Waals surface area contributed by atoms with Gasteiger partial charge in [-0.3, -0.25) is 0 Å². The Kier molecular flexibility index (Phi) is 3.23. The number of hydrogen-bond donors (Lipinski definition) is 1. The first-order chi connectivity index (χ1) is 7.16. The summed E-state index contributed by atoms with van der Waals surface area (Å²) in [6.07, 6.45) is 1.97. The van der Waals surface area contributed by atoms with E-state index in [0.29, 0.717) is 19.0 Å². The third kappa shape index (κ3) is 2.48. The molecular formula is C10H17N3OS. The van der Waals surface area contributed by atoms with E-state index in [1.54, 1.807) is 11.3 Å². The molecule has 2 heterocycles. The van der Waals surface area contributed by atoms with Crippen LogP contribution in [-0.4, -0.2) is 41.4 Å². The van der Waals surface area contributed by atoms with E-state index < -0.39 is 0 Å². The molecule has 2 rings (SSSR count). The van der Waals surface area contributed by atoms with E-state index in [1.165, 1.54) is 9.94 Å². The van der Waals surface area contributed by atoms with Gasteiger partial charge >= 0.3 is 0 Å². The summed E-state index contributed by atoms with van der Waals surface area (Å²) in [7, 11) is 0. The molecule has 0 unspecified atom stereocenters. The van der Waals surface area contributed by atoms with Crippen LogP contribution in [0.2, 0.25) is 0 Å². The molecule has 4 nitrogen and oxygen atoms in total. The molecule has 0 atom stereocenters. The van der Waals surface area contributed by atoms with Crippen molar-refractivity contribution in [1.82, 2.24) is 10.0 Å². The summed E-state index contributed by atoms with van der Waals surface area (Å²) in [5.41, 5.74) is 0. The smallest absolute Gasteiger partial charge is 0.185 e. The summed E-state index contributed by atoms with van der Waals surface area (Å²) in [4.78, 5) is 8.00. The first kappa shape index (κ1) is 10.9. The fourth-order valence-corrected chi connectivity index (χ4v) is 2.55. The van der Waals surface area contributed by atoms with Crippen molar-refractivity contribution in [2.75, 3.05) is 31.1 Å². The van der Waals surface area contributed by atoms with Gasteiger partial charge in [0.1, 0.15) is 0 Å². The van der Waals surface area contributed by atoms with E-state index in [-0.39, 0.29) is 0 Å². The van der Waals surface area contributed by atoms with Gasteiger partial charge in [-0.05, 0) is 5.92 Å². The molecule has 1 fully saturated rings. The molecule has 0 spiro atoms. The molecule has 0 bridgehead atoms. The first-order valence-electron chi connectivity index (χ1n) is 5.31. The Bertz CT molecular complexity index is 318. The van der Waals surface area contributed by atoms with Crippen molar-refractivity contribution in [1.29, 1.82) is 0 Å². The molecule has 0 aliphatic carbocycles. The molecule has 15 heavy (non-hydrogen) atoms. The predicted octanol–water partition coefficient (Wildman–Crippen LogP) is 1.78. The fraction of sp³-hybridized carbons (Fsp3) is 0.700. The summed E-state index contributed by atoms with van der Waals surface area (Å²) in [5, 5.41) is 11.7. The molecular weight excluding hydrogens is 210 g/mol. The summed E-state index contributed by atoms with van der Waals surface area (Å²) >= 11 is 1.76. The van der Waals surface area contributed by atoms with Gasteiger partial charge in [0.05, 0.1) is 0 Å². The maximum absolute atomic E-state index is 9.26. The molecule has 1 aliphatic rings. The van der Waals surface area contributed by atoms with Crippen molar-refractivity contribution >= 4 is 16.5 Å². The highest BCUT2D eigenvalue weighted by atomic mass is 32.1. The Balaban J connectivity index is 2.03. The largest absolute Gasteiger partial charge is 0.345 e. The van der Waals surface area contributed by atoms with Gasteiger partial charge in [0.15, 0.2) is 5.13 Å². The van der Waals surface area contributed by atoms with Crippen LogP contribution in [0.5, 0.6) is 0 Å². The number of hydrogen-bond acceptors (Lipinski definition) is 5. The van der Waals surface area contributed by atoms with Crippen molar-refractivity contribution in [2.45, 2.75) is 19.8 Å². The zero-order valence-corrected chi connectivity index (χ0v) is 10.00. The zero-order valence-electron chi connectivity index (χ0n) is 9.18. The van der Waals surface area contributed by atoms with Gasteiger partial charge in [0.25, 0.3) is 0 Å².